The lowest BCUT2D eigenvalue weighted by atomic mass is 10.0. The van der Waals surface area contributed by atoms with Crippen molar-refractivity contribution in [2.45, 2.75) is 6.54 Å². The number of hydrogen-bond acceptors (Lipinski definition) is 7. The first-order valence-corrected chi connectivity index (χ1v) is 11.1. The summed E-state index contributed by atoms with van der Waals surface area (Å²) in [6.45, 7) is 4.18. The van der Waals surface area contributed by atoms with Gasteiger partial charge in [0.05, 0.1) is 23.1 Å². The van der Waals surface area contributed by atoms with Crippen molar-refractivity contribution in [3.05, 3.63) is 60.0 Å². The number of aromatic nitrogens is 4. The predicted octanol–water partition coefficient (Wildman–Crippen LogP) is 2.43. The molecule has 0 unspecified atom stereocenters. The second kappa shape index (κ2) is 7.86. The first kappa shape index (κ1) is 19.7. The third-order valence-electron chi connectivity index (χ3n) is 6.29. The average Bonchev–Trinajstić information content (AvgIpc) is 3.43. The number of hydrogen-bond donors (Lipinski definition) is 3. The monoisotopic (exact) mass is 440 g/mol. The maximum atomic E-state index is 12.8. The lowest BCUT2D eigenvalue weighted by Gasteiger charge is -2.28. The molecule has 0 spiro atoms. The van der Waals surface area contributed by atoms with Gasteiger partial charge in [0.25, 0.3) is 5.91 Å². The van der Waals surface area contributed by atoms with Crippen LogP contribution in [-0.2, 0) is 13.6 Å². The van der Waals surface area contributed by atoms with Crippen LogP contribution >= 0.6 is 0 Å². The number of carbonyl (C=O) groups excluding carboxylic acids is 1. The lowest BCUT2D eigenvalue weighted by Crippen LogP contribution is -2.43. The molecule has 1 fully saturated rings. The van der Waals surface area contributed by atoms with Crippen LogP contribution in [0.3, 0.4) is 0 Å². The number of piperazine rings is 1. The van der Waals surface area contributed by atoms with Gasteiger partial charge in [0.2, 0.25) is 0 Å². The van der Waals surface area contributed by atoms with Gasteiger partial charge in [-0.15, -0.1) is 0 Å². The second-order valence-corrected chi connectivity index (χ2v) is 8.32. The van der Waals surface area contributed by atoms with Gasteiger partial charge in [-0.2, -0.15) is 0 Å². The predicted molar refractivity (Wildman–Crippen MR) is 128 cm³/mol. The third kappa shape index (κ3) is 3.37. The molecule has 9 nitrogen and oxygen atoms in total. The minimum Gasteiger partial charge on any atom is -0.354 e. The highest BCUT2D eigenvalue weighted by Crippen LogP contribution is 2.36. The number of carbonyl (C=O) groups is 1. The van der Waals surface area contributed by atoms with Crippen LogP contribution in [0.1, 0.15) is 15.9 Å². The maximum absolute atomic E-state index is 12.8. The molecule has 166 valence electrons. The van der Waals surface area contributed by atoms with Crippen LogP contribution in [0.25, 0.3) is 22.3 Å². The second-order valence-electron chi connectivity index (χ2n) is 8.32. The number of amides is 1. The molecule has 6 heterocycles. The van der Waals surface area contributed by atoms with Crippen molar-refractivity contribution in [1.82, 2.24) is 30.2 Å². The number of pyridine rings is 3. The summed E-state index contributed by atoms with van der Waals surface area (Å²) in [6, 6.07) is 9.91. The smallest absolute Gasteiger partial charge is 0.254 e. The number of anilines is 3. The molecule has 6 rings (SSSR count). The van der Waals surface area contributed by atoms with E-state index < -0.39 is 0 Å². The summed E-state index contributed by atoms with van der Waals surface area (Å²) in [5, 5.41) is 10.7. The lowest BCUT2D eigenvalue weighted by molar-refractivity contribution is 0.0966. The van der Waals surface area contributed by atoms with Crippen molar-refractivity contribution in [1.29, 1.82) is 0 Å². The quantitative estimate of drug-likeness (QED) is 0.448. The average molecular weight is 441 g/mol. The van der Waals surface area contributed by atoms with Gasteiger partial charge in [0, 0.05) is 68.7 Å². The minimum atomic E-state index is -0.104. The van der Waals surface area contributed by atoms with Crippen LogP contribution in [-0.4, -0.2) is 51.6 Å². The highest BCUT2D eigenvalue weighted by molar-refractivity contribution is 6.06. The molecule has 4 aromatic rings. The molecule has 2 aliphatic rings. The first-order chi connectivity index (χ1) is 16.2. The van der Waals surface area contributed by atoms with Crippen molar-refractivity contribution in [2.24, 2.45) is 7.05 Å². The van der Waals surface area contributed by atoms with Gasteiger partial charge in [-0.05, 0) is 24.3 Å². The number of fused-ring (bicyclic) bond motifs is 2. The molecule has 0 atom stereocenters. The van der Waals surface area contributed by atoms with E-state index in [9.17, 15) is 4.79 Å². The van der Waals surface area contributed by atoms with Crippen LogP contribution in [0.5, 0.6) is 0 Å². The van der Waals surface area contributed by atoms with Crippen LogP contribution in [0.15, 0.2) is 48.9 Å². The fourth-order valence-electron chi connectivity index (χ4n) is 4.64. The molecule has 2 aliphatic heterocycles. The SMILES string of the molecule is Cn1ccc2c(-c3ncc(Nc4cccc(N5CCNCC5)n4)c4c3CNC4=O)ccnc21. The number of aryl methyl sites for hydroxylation is 1. The zero-order chi connectivity index (χ0) is 22.4. The van der Waals surface area contributed by atoms with Crippen LogP contribution in [0.2, 0.25) is 0 Å². The Kier molecular flexibility index (Phi) is 4.69. The van der Waals surface area contributed by atoms with Gasteiger partial charge in [-0.3, -0.25) is 9.78 Å². The largest absolute Gasteiger partial charge is 0.354 e. The van der Waals surface area contributed by atoms with E-state index in [1.54, 1.807) is 12.4 Å². The van der Waals surface area contributed by atoms with Gasteiger partial charge in [-0.1, -0.05) is 6.07 Å². The number of nitrogens with zero attached hydrogens (tertiary/aromatic N) is 5. The van der Waals surface area contributed by atoms with Crippen LogP contribution in [0.4, 0.5) is 17.3 Å². The Morgan fingerprint density at radius 2 is 1.97 bits per heavy atom. The highest BCUT2D eigenvalue weighted by Gasteiger charge is 2.28. The van der Waals surface area contributed by atoms with E-state index in [-0.39, 0.29) is 5.91 Å². The van der Waals surface area contributed by atoms with Gasteiger partial charge < -0.3 is 25.4 Å². The first-order valence-electron chi connectivity index (χ1n) is 11.1. The van der Waals surface area contributed by atoms with Crippen molar-refractivity contribution in [3.8, 4) is 11.3 Å². The zero-order valence-corrected chi connectivity index (χ0v) is 18.3. The Morgan fingerprint density at radius 1 is 1.09 bits per heavy atom. The van der Waals surface area contributed by atoms with E-state index in [2.05, 4.69) is 25.8 Å². The molecule has 0 saturated carbocycles. The fourth-order valence-corrected chi connectivity index (χ4v) is 4.64. The van der Waals surface area contributed by atoms with E-state index in [0.29, 0.717) is 23.6 Å². The van der Waals surface area contributed by atoms with Gasteiger partial charge >= 0.3 is 0 Å². The normalized spacial score (nSPS) is 15.5. The summed E-state index contributed by atoms with van der Waals surface area (Å²) in [5.74, 6) is 1.51. The molecule has 1 amide bonds. The van der Waals surface area contributed by atoms with Crippen molar-refractivity contribution in [3.63, 3.8) is 0 Å². The minimum absolute atomic E-state index is 0.104. The third-order valence-corrected chi connectivity index (χ3v) is 6.29. The fraction of sp³-hybridized carbons (Fsp3) is 0.250. The molecular weight excluding hydrogens is 416 g/mol. The Bertz CT molecular complexity index is 1370. The Hall–Kier alpha value is -3.98. The summed E-state index contributed by atoms with van der Waals surface area (Å²) in [6.07, 6.45) is 5.50. The number of nitrogens with one attached hydrogen (secondary N) is 3. The summed E-state index contributed by atoms with van der Waals surface area (Å²) < 4.78 is 1.98. The number of rotatable bonds is 4. The maximum Gasteiger partial charge on any atom is 0.254 e. The molecule has 0 aromatic carbocycles. The summed E-state index contributed by atoms with van der Waals surface area (Å²) in [4.78, 5) is 29.1. The molecule has 9 heteroatoms. The molecule has 3 N–H and O–H groups in total. The summed E-state index contributed by atoms with van der Waals surface area (Å²) >= 11 is 0. The molecule has 0 aliphatic carbocycles. The Labute approximate surface area is 190 Å². The standard InChI is InChI=1S/C24H24N8O/c1-31-10-6-16-15(5-7-26-23(16)31)22-17-13-28-24(33)21(17)18(14-27-22)29-19-3-2-4-20(30-19)32-11-8-25-9-12-32/h2-7,10,14,25H,8-9,11-13H2,1H3,(H,28,33)(H,29,30). The zero-order valence-electron chi connectivity index (χ0n) is 18.3. The topological polar surface area (TPSA) is 100 Å². The Balaban J connectivity index is 1.39. The van der Waals surface area contributed by atoms with E-state index in [4.69, 9.17) is 9.97 Å². The van der Waals surface area contributed by atoms with Crippen LogP contribution in [0, 0.1) is 0 Å². The van der Waals surface area contributed by atoms with Crippen molar-refractivity contribution in [2.75, 3.05) is 36.4 Å². The van der Waals surface area contributed by atoms with E-state index in [0.717, 1.165) is 59.9 Å². The van der Waals surface area contributed by atoms with Crippen molar-refractivity contribution < 1.29 is 4.79 Å². The summed E-state index contributed by atoms with van der Waals surface area (Å²) in [5.41, 5.74) is 4.83. The van der Waals surface area contributed by atoms with Gasteiger partial charge in [0.1, 0.15) is 17.3 Å². The molecule has 4 aromatic heterocycles. The van der Waals surface area contributed by atoms with Gasteiger partial charge in [0.15, 0.2) is 0 Å². The van der Waals surface area contributed by atoms with Gasteiger partial charge in [-0.25, -0.2) is 9.97 Å². The molecule has 1 saturated heterocycles. The highest BCUT2D eigenvalue weighted by atomic mass is 16.1. The van der Waals surface area contributed by atoms with Crippen LogP contribution < -0.4 is 20.9 Å². The molecular formula is C24H24N8O. The Morgan fingerprint density at radius 3 is 2.85 bits per heavy atom. The molecule has 0 radical (unpaired) electrons. The van der Waals surface area contributed by atoms with Crippen molar-refractivity contribution >= 4 is 34.3 Å². The van der Waals surface area contributed by atoms with E-state index >= 15 is 0 Å². The van der Waals surface area contributed by atoms with E-state index in [1.165, 1.54) is 0 Å². The van der Waals surface area contributed by atoms with E-state index in [1.807, 2.05) is 48.1 Å². The molecule has 0 bridgehead atoms. The molecule has 33 heavy (non-hydrogen) atoms. The summed E-state index contributed by atoms with van der Waals surface area (Å²) in [7, 11) is 1.97.